The van der Waals surface area contributed by atoms with Gasteiger partial charge in [-0.05, 0) is 25.0 Å². The topological polar surface area (TPSA) is 66.5 Å². The Kier molecular flexibility index (Phi) is 7.68. The number of carbonyl (C=O) groups excluding carboxylic acids is 1. The average Bonchev–Trinajstić information content (AvgIpc) is 3.33. The van der Waals surface area contributed by atoms with E-state index in [1.165, 1.54) is 0 Å². The van der Waals surface area contributed by atoms with Gasteiger partial charge in [0.05, 0.1) is 12.1 Å². The Morgan fingerprint density at radius 3 is 2.29 bits per heavy atom. The predicted octanol–water partition coefficient (Wildman–Crippen LogP) is 4.66. The summed E-state index contributed by atoms with van der Waals surface area (Å²) in [4.78, 5) is 15.0. The maximum atomic E-state index is 13.3. The van der Waals surface area contributed by atoms with Crippen molar-refractivity contribution < 1.29 is 28.5 Å². The maximum Gasteiger partial charge on any atom is 0.410 e. The number of ether oxygens (including phenoxy) is 5. The fourth-order valence-corrected chi connectivity index (χ4v) is 4.51. The summed E-state index contributed by atoms with van der Waals surface area (Å²) in [6.07, 6.45) is 0.308. The number of benzene rings is 2. The molecule has 7 nitrogen and oxygen atoms in total. The normalized spacial score (nSPS) is 26.0. The molecular weight excluding hydrogens is 434 g/mol. The van der Waals surface area contributed by atoms with Crippen molar-refractivity contribution in [1.29, 1.82) is 0 Å². The number of nitrogens with zero attached hydrogens (tertiary/aromatic N) is 1. The molecule has 0 radical (unpaired) electrons. The Hall–Kier alpha value is -2.71. The molecule has 0 spiro atoms. The zero-order chi connectivity index (χ0) is 24.1. The molecule has 34 heavy (non-hydrogen) atoms. The van der Waals surface area contributed by atoms with Crippen LogP contribution in [0, 0.1) is 0 Å². The van der Waals surface area contributed by atoms with Gasteiger partial charge in [-0.2, -0.15) is 0 Å². The predicted molar refractivity (Wildman–Crippen MR) is 127 cm³/mol. The summed E-state index contributed by atoms with van der Waals surface area (Å²) in [5, 5.41) is 0. The summed E-state index contributed by atoms with van der Waals surface area (Å²) >= 11 is 0. The van der Waals surface area contributed by atoms with Crippen LogP contribution in [0.5, 0.6) is 0 Å². The summed E-state index contributed by atoms with van der Waals surface area (Å²) in [5.41, 5.74) is 1.92. The SMILES string of the molecule is C=C[C@@H](C[C@H]1O[C@@H](OC)[C@@H]2OC(C)(C)O[C@@H]21)N(Cc1ccccc1)C(=O)OCc1ccccc1. The van der Waals surface area contributed by atoms with Gasteiger partial charge >= 0.3 is 6.09 Å². The highest BCUT2D eigenvalue weighted by Gasteiger charge is 2.55. The number of fused-ring (bicyclic) bond motifs is 1. The third kappa shape index (κ3) is 5.67. The van der Waals surface area contributed by atoms with E-state index >= 15 is 0 Å². The second kappa shape index (κ2) is 10.7. The molecule has 2 heterocycles. The first-order valence-electron chi connectivity index (χ1n) is 11.6. The summed E-state index contributed by atoms with van der Waals surface area (Å²) in [5.74, 6) is -0.726. The Bertz CT molecular complexity index is 950. The van der Waals surface area contributed by atoms with Crippen molar-refractivity contribution in [2.24, 2.45) is 0 Å². The van der Waals surface area contributed by atoms with E-state index in [0.29, 0.717) is 13.0 Å². The molecule has 0 aliphatic carbocycles. The molecule has 0 N–H and O–H groups in total. The molecule has 0 aromatic heterocycles. The van der Waals surface area contributed by atoms with Crippen LogP contribution in [-0.2, 0) is 36.8 Å². The summed E-state index contributed by atoms with van der Waals surface area (Å²) < 4.78 is 29.4. The van der Waals surface area contributed by atoms with Crippen molar-refractivity contribution in [3.8, 4) is 0 Å². The molecule has 7 heteroatoms. The summed E-state index contributed by atoms with van der Waals surface area (Å²) in [6, 6.07) is 19.1. The summed E-state index contributed by atoms with van der Waals surface area (Å²) in [7, 11) is 1.59. The van der Waals surface area contributed by atoms with Gasteiger partial charge in [-0.3, -0.25) is 4.90 Å². The largest absolute Gasteiger partial charge is 0.445 e. The number of amides is 1. The van der Waals surface area contributed by atoms with Crippen LogP contribution in [0.3, 0.4) is 0 Å². The highest BCUT2D eigenvalue weighted by molar-refractivity contribution is 5.68. The van der Waals surface area contributed by atoms with E-state index in [1.54, 1.807) is 18.1 Å². The molecule has 4 rings (SSSR count). The van der Waals surface area contributed by atoms with E-state index in [4.69, 9.17) is 23.7 Å². The second-order valence-corrected chi connectivity index (χ2v) is 9.04. The highest BCUT2D eigenvalue weighted by atomic mass is 16.8. The van der Waals surface area contributed by atoms with Crippen LogP contribution in [0.1, 0.15) is 31.4 Å². The number of hydrogen-bond acceptors (Lipinski definition) is 6. The van der Waals surface area contributed by atoms with Gasteiger partial charge in [0.25, 0.3) is 0 Å². The Labute approximate surface area is 201 Å². The molecule has 0 unspecified atom stereocenters. The number of carbonyl (C=O) groups is 1. The first-order valence-corrected chi connectivity index (χ1v) is 11.6. The van der Waals surface area contributed by atoms with Crippen LogP contribution < -0.4 is 0 Å². The molecule has 2 fully saturated rings. The quantitative estimate of drug-likeness (QED) is 0.500. The smallest absolute Gasteiger partial charge is 0.410 e. The fourth-order valence-electron chi connectivity index (χ4n) is 4.51. The Morgan fingerprint density at radius 2 is 1.68 bits per heavy atom. The van der Waals surface area contributed by atoms with Gasteiger partial charge in [0.2, 0.25) is 0 Å². The zero-order valence-electron chi connectivity index (χ0n) is 20.0. The van der Waals surface area contributed by atoms with Crippen molar-refractivity contribution >= 4 is 6.09 Å². The minimum atomic E-state index is -0.726. The van der Waals surface area contributed by atoms with Gasteiger partial charge in [-0.15, -0.1) is 6.58 Å². The molecule has 0 saturated carbocycles. The molecule has 1 amide bonds. The lowest BCUT2D eigenvalue weighted by molar-refractivity contribution is -0.228. The molecule has 2 aromatic rings. The van der Waals surface area contributed by atoms with Gasteiger partial charge < -0.3 is 23.7 Å². The van der Waals surface area contributed by atoms with Crippen LogP contribution in [0.25, 0.3) is 0 Å². The van der Waals surface area contributed by atoms with Gasteiger partial charge in [0, 0.05) is 20.1 Å². The third-order valence-corrected chi connectivity index (χ3v) is 6.12. The van der Waals surface area contributed by atoms with E-state index in [-0.39, 0.29) is 31.0 Å². The van der Waals surface area contributed by atoms with E-state index in [1.807, 2.05) is 74.5 Å². The maximum absolute atomic E-state index is 13.3. The first-order chi connectivity index (χ1) is 16.4. The molecule has 2 aromatic carbocycles. The van der Waals surface area contributed by atoms with E-state index in [0.717, 1.165) is 11.1 Å². The van der Waals surface area contributed by atoms with Crippen molar-refractivity contribution in [3.05, 3.63) is 84.4 Å². The lowest BCUT2D eigenvalue weighted by Crippen LogP contribution is -2.43. The Morgan fingerprint density at radius 1 is 1.06 bits per heavy atom. The lowest BCUT2D eigenvalue weighted by Gasteiger charge is -2.32. The van der Waals surface area contributed by atoms with Gasteiger partial charge in [0.15, 0.2) is 12.1 Å². The molecule has 0 bridgehead atoms. The fraction of sp³-hybridized carbons (Fsp3) is 0.444. The van der Waals surface area contributed by atoms with Crippen molar-refractivity contribution in [2.45, 2.75) is 69.9 Å². The number of hydrogen-bond donors (Lipinski definition) is 0. The van der Waals surface area contributed by atoms with Crippen LogP contribution in [0.4, 0.5) is 4.79 Å². The second-order valence-electron chi connectivity index (χ2n) is 9.04. The van der Waals surface area contributed by atoms with Crippen LogP contribution in [-0.4, -0.2) is 54.5 Å². The monoisotopic (exact) mass is 467 g/mol. The third-order valence-electron chi connectivity index (χ3n) is 6.12. The van der Waals surface area contributed by atoms with Crippen LogP contribution >= 0.6 is 0 Å². The van der Waals surface area contributed by atoms with Gasteiger partial charge in [-0.1, -0.05) is 66.7 Å². The molecule has 2 saturated heterocycles. The molecule has 5 atom stereocenters. The average molecular weight is 468 g/mol. The molecule has 2 aliphatic rings. The highest BCUT2D eigenvalue weighted by Crippen LogP contribution is 2.40. The summed E-state index contributed by atoms with van der Waals surface area (Å²) in [6.45, 7) is 8.34. The van der Waals surface area contributed by atoms with Crippen LogP contribution in [0.15, 0.2) is 73.3 Å². The lowest BCUT2D eigenvalue weighted by atomic mass is 10.0. The standard InChI is InChI=1S/C27H33NO6/c1-5-21(16-22-23-24(25(30-4)32-22)34-27(2,3)33-23)28(17-19-12-8-6-9-13-19)26(29)31-18-20-14-10-7-11-15-20/h5-15,21-25H,1,16-18H2,2-4H3/t21-,22+,23+,24+,25+/m0/s1. The van der Waals surface area contributed by atoms with E-state index < -0.39 is 18.2 Å². The van der Waals surface area contributed by atoms with E-state index in [2.05, 4.69) is 6.58 Å². The first kappa shape index (κ1) is 24.4. The van der Waals surface area contributed by atoms with Gasteiger partial charge in [0.1, 0.15) is 18.8 Å². The van der Waals surface area contributed by atoms with E-state index in [9.17, 15) is 4.79 Å². The van der Waals surface area contributed by atoms with Crippen molar-refractivity contribution in [1.82, 2.24) is 4.90 Å². The molecular formula is C27H33NO6. The minimum Gasteiger partial charge on any atom is -0.445 e. The molecule has 2 aliphatic heterocycles. The number of methoxy groups -OCH3 is 1. The van der Waals surface area contributed by atoms with Gasteiger partial charge in [-0.25, -0.2) is 4.79 Å². The minimum absolute atomic E-state index is 0.191. The molecule has 182 valence electrons. The Balaban J connectivity index is 1.51. The zero-order valence-corrected chi connectivity index (χ0v) is 20.0. The van der Waals surface area contributed by atoms with Crippen molar-refractivity contribution in [2.75, 3.05) is 7.11 Å². The number of rotatable bonds is 9. The van der Waals surface area contributed by atoms with Crippen molar-refractivity contribution in [3.63, 3.8) is 0 Å². The van der Waals surface area contributed by atoms with Crippen LogP contribution in [0.2, 0.25) is 0 Å².